The van der Waals surface area contributed by atoms with E-state index in [-0.39, 0.29) is 6.10 Å². The topological polar surface area (TPSA) is 58.3 Å². The predicted molar refractivity (Wildman–Crippen MR) is 68.7 cm³/mol. The summed E-state index contributed by atoms with van der Waals surface area (Å²) in [6.07, 6.45) is 1.27. The Morgan fingerprint density at radius 3 is 2.81 bits per heavy atom. The van der Waals surface area contributed by atoms with E-state index in [2.05, 4.69) is 37.4 Å². The van der Waals surface area contributed by atoms with Crippen molar-refractivity contribution in [1.82, 2.24) is 0 Å². The van der Waals surface area contributed by atoms with Crippen LogP contribution in [0.4, 0.5) is 5.69 Å². The molecule has 1 unspecified atom stereocenters. The van der Waals surface area contributed by atoms with Gasteiger partial charge in [-0.25, -0.2) is 0 Å². The van der Waals surface area contributed by atoms with Crippen molar-refractivity contribution < 1.29 is 5.11 Å². The summed E-state index contributed by atoms with van der Waals surface area (Å²) in [6.45, 7) is 5.30. The van der Waals surface area contributed by atoms with E-state index in [1.54, 1.807) is 0 Å². The summed E-state index contributed by atoms with van der Waals surface area (Å²) in [5.41, 5.74) is 9.06. The molecule has 3 heteroatoms. The van der Waals surface area contributed by atoms with Crippen molar-refractivity contribution in [3.63, 3.8) is 0 Å². The Kier molecular flexibility index (Phi) is 5.29. The molecular formula is C13H22N2O. The maximum atomic E-state index is 9.62. The average Bonchev–Trinajstić information content (AvgIpc) is 2.27. The Labute approximate surface area is 97.7 Å². The lowest BCUT2D eigenvalue weighted by atomic mass is 10.1. The maximum Gasteiger partial charge on any atom is 0.0724 e. The molecule has 0 bridgehead atoms. The van der Waals surface area contributed by atoms with Crippen LogP contribution < -0.4 is 11.1 Å². The lowest BCUT2D eigenvalue weighted by molar-refractivity contribution is 0.180. The molecule has 1 rings (SSSR count). The zero-order valence-corrected chi connectivity index (χ0v) is 10.2. The van der Waals surface area contributed by atoms with Gasteiger partial charge in [0, 0.05) is 12.2 Å². The van der Waals surface area contributed by atoms with E-state index >= 15 is 0 Å². The van der Waals surface area contributed by atoms with Crippen molar-refractivity contribution in [2.45, 2.75) is 32.8 Å². The molecule has 4 N–H and O–H groups in total. The number of nitrogens with two attached hydrogens (primary N) is 1. The third kappa shape index (κ3) is 3.51. The van der Waals surface area contributed by atoms with E-state index in [4.69, 9.17) is 5.73 Å². The van der Waals surface area contributed by atoms with Crippen molar-refractivity contribution in [3.8, 4) is 0 Å². The van der Waals surface area contributed by atoms with Gasteiger partial charge in [0.05, 0.1) is 6.10 Å². The van der Waals surface area contributed by atoms with Gasteiger partial charge in [-0.2, -0.15) is 0 Å². The Hall–Kier alpha value is -1.06. The Balaban J connectivity index is 2.65. The SMILES string of the molecule is CCc1cccc(C)c1NCC(O)CCN. The van der Waals surface area contributed by atoms with E-state index in [1.807, 2.05) is 0 Å². The lowest BCUT2D eigenvalue weighted by Crippen LogP contribution is -2.23. The highest BCUT2D eigenvalue weighted by Gasteiger charge is 2.06. The first-order valence-electron chi connectivity index (χ1n) is 5.89. The summed E-state index contributed by atoms with van der Waals surface area (Å²) in [5.74, 6) is 0. The molecule has 1 atom stereocenters. The highest BCUT2D eigenvalue weighted by Crippen LogP contribution is 2.20. The molecule has 0 fully saturated rings. The molecular weight excluding hydrogens is 200 g/mol. The third-order valence-electron chi connectivity index (χ3n) is 2.75. The average molecular weight is 222 g/mol. The number of para-hydroxylation sites is 1. The molecule has 0 saturated heterocycles. The molecule has 1 aromatic carbocycles. The molecule has 0 aliphatic heterocycles. The van der Waals surface area contributed by atoms with Crippen molar-refractivity contribution in [2.24, 2.45) is 5.73 Å². The number of hydrogen-bond donors (Lipinski definition) is 3. The zero-order chi connectivity index (χ0) is 12.0. The van der Waals surface area contributed by atoms with E-state index in [0.717, 1.165) is 12.1 Å². The van der Waals surface area contributed by atoms with E-state index in [9.17, 15) is 5.11 Å². The molecule has 0 radical (unpaired) electrons. The van der Waals surface area contributed by atoms with Gasteiger partial charge in [-0.05, 0) is 37.4 Å². The first-order chi connectivity index (χ1) is 7.69. The molecule has 90 valence electrons. The largest absolute Gasteiger partial charge is 0.391 e. The van der Waals surface area contributed by atoms with Gasteiger partial charge in [0.15, 0.2) is 0 Å². The van der Waals surface area contributed by atoms with Gasteiger partial charge in [0.1, 0.15) is 0 Å². The van der Waals surface area contributed by atoms with E-state index in [1.165, 1.54) is 11.1 Å². The van der Waals surface area contributed by atoms with E-state index < -0.39 is 0 Å². The molecule has 16 heavy (non-hydrogen) atoms. The molecule has 0 aliphatic carbocycles. The molecule has 3 nitrogen and oxygen atoms in total. The normalized spacial score (nSPS) is 12.5. The standard InChI is InChI=1S/C13H22N2O/c1-3-11-6-4-5-10(2)13(11)15-9-12(16)7-8-14/h4-6,12,15-16H,3,7-9,14H2,1-2H3. The Morgan fingerprint density at radius 2 is 2.19 bits per heavy atom. The summed E-state index contributed by atoms with van der Waals surface area (Å²) < 4.78 is 0. The van der Waals surface area contributed by atoms with Crippen LogP contribution in [-0.2, 0) is 6.42 Å². The monoisotopic (exact) mass is 222 g/mol. The number of anilines is 1. The molecule has 0 spiro atoms. The molecule has 0 aromatic heterocycles. The molecule has 1 aromatic rings. The molecule has 0 aliphatic rings. The van der Waals surface area contributed by atoms with Crippen molar-refractivity contribution in [1.29, 1.82) is 0 Å². The molecule has 0 amide bonds. The summed E-state index contributed by atoms with van der Waals surface area (Å²) in [4.78, 5) is 0. The molecule has 0 saturated carbocycles. The van der Waals surface area contributed by atoms with Crippen LogP contribution in [0.5, 0.6) is 0 Å². The van der Waals surface area contributed by atoms with Crippen LogP contribution in [0.3, 0.4) is 0 Å². The number of aliphatic hydroxyl groups is 1. The minimum Gasteiger partial charge on any atom is -0.391 e. The first-order valence-corrected chi connectivity index (χ1v) is 5.89. The zero-order valence-electron chi connectivity index (χ0n) is 10.2. The molecule has 0 heterocycles. The van der Waals surface area contributed by atoms with Crippen LogP contribution in [0.2, 0.25) is 0 Å². The summed E-state index contributed by atoms with van der Waals surface area (Å²) in [7, 11) is 0. The number of rotatable bonds is 6. The van der Waals surface area contributed by atoms with Gasteiger partial charge >= 0.3 is 0 Å². The van der Waals surface area contributed by atoms with Gasteiger partial charge in [-0.15, -0.1) is 0 Å². The van der Waals surface area contributed by atoms with Crippen molar-refractivity contribution in [2.75, 3.05) is 18.4 Å². The summed E-state index contributed by atoms with van der Waals surface area (Å²) >= 11 is 0. The van der Waals surface area contributed by atoms with Gasteiger partial charge in [0.2, 0.25) is 0 Å². The lowest BCUT2D eigenvalue weighted by Gasteiger charge is -2.16. The van der Waals surface area contributed by atoms with E-state index in [0.29, 0.717) is 19.5 Å². The van der Waals surface area contributed by atoms with Gasteiger partial charge < -0.3 is 16.2 Å². The van der Waals surface area contributed by atoms with Crippen LogP contribution in [0.15, 0.2) is 18.2 Å². The van der Waals surface area contributed by atoms with Crippen molar-refractivity contribution in [3.05, 3.63) is 29.3 Å². The number of nitrogens with one attached hydrogen (secondary N) is 1. The first kappa shape index (κ1) is 13.0. The highest BCUT2D eigenvalue weighted by molar-refractivity contribution is 5.57. The smallest absolute Gasteiger partial charge is 0.0724 e. The maximum absolute atomic E-state index is 9.62. The van der Waals surface area contributed by atoms with Crippen molar-refractivity contribution >= 4 is 5.69 Å². The highest BCUT2D eigenvalue weighted by atomic mass is 16.3. The fourth-order valence-electron chi connectivity index (χ4n) is 1.79. The fourth-order valence-corrected chi connectivity index (χ4v) is 1.79. The minimum absolute atomic E-state index is 0.366. The summed E-state index contributed by atoms with van der Waals surface area (Å²) in [5, 5.41) is 12.9. The number of aliphatic hydroxyl groups excluding tert-OH is 1. The van der Waals surface area contributed by atoms with Gasteiger partial charge in [-0.1, -0.05) is 25.1 Å². The predicted octanol–water partition coefficient (Wildman–Crippen LogP) is 1.68. The van der Waals surface area contributed by atoms with Gasteiger partial charge in [-0.3, -0.25) is 0 Å². The second kappa shape index (κ2) is 6.51. The van der Waals surface area contributed by atoms with Gasteiger partial charge in [0.25, 0.3) is 0 Å². The number of benzene rings is 1. The van der Waals surface area contributed by atoms with Crippen LogP contribution in [0.1, 0.15) is 24.5 Å². The summed E-state index contributed by atoms with van der Waals surface area (Å²) in [6, 6.07) is 6.26. The van der Waals surface area contributed by atoms with Crippen LogP contribution in [0, 0.1) is 6.92 Å². The third-order valence-corrected chi connectivity index (χ3v) is 2.75. The van der Waals surface area contributed by atoms with Crippen LogP contribution >= 0.6 is 0 Å². The number of hydrogen-bond acceptors (Lipinski definition) is 3. The Bertz CT molecular complexity index is 326. The second-order valence-electron chi connectivity index (χ2n) is 4.07. The fraction of sp³-hybridized carbons (Fsp3) is 0.538. The number of aryl methyl sites for hydroxylation is 2. The van der Waals surface area contributed by atoms with Crippen LogP contribution in [0.25, 0.3) is 0 Å². The second-order valence-corrected chi connectivity index (χ2v) is 4.07. The Morgan fingerprint density at radius 1 is 1.44 bits per heavy atom. The quantitative estimate of drug-likeness (QED) is 0.686. The minimum atomic E-state index is -0.366. The van der Waals surface area contributed by atoms with Crippen LogP contribution in [-0.4, -0.2) is 24.3 Å².